The first-order valence-corrected chi connectivity index (χ1v) is 7.90. The number of aromatic nitrogens is 4. The second kappa shape index (κ2) is 5.31. The van der Waals surface area contributed by atoms with E-state index in [0.717, 1.165) is 60.2 Å². The maximum absolute atomic E-state index is 6.05. The van der Waals surface area contributed by atoms with Gasteiger partial charge in [0, 0.05) is 25.5 Å². The number of anilines is 1. The Balaban J connectivity index is 1.66. The third-order valence-corrected chi connectivity index (χ3v) is 4.27. The van der Waals surface area contributed by atoms with E-state index >= 15 is 0 Å². The normalized spacial score (nSPS) is 15.4. The lowest BCUT2D eigenvalue weighted by Gasteiger charge is -2.28. The van der Waals surface area contributed by atoms with E-state index in [-0.39, 0.29) is 0 Å². The van der Waals surface area contributed by atoms with Crippen molar-refractivity contribution < 1.29 is 9.15 Å². The molecule has 7 nitrogen and oxygen atoms in total. The smallest absolute Gasteiger partial charge is 0.155 e. The molecule has 5 heterocycles. The molecule has 0 bridgehead atoms. The van der Waals surface area contributed by atoms with Crippen LogP contribution in [0.5, 0.6) is 0 Å². The van der Waals surface area contributed by atoms with E-state index in [1.165, 1.54) is 0 Å². The van der Waals surface area contributed by atoms with Crippen LogP contribution in [-0.4, -0.2) is 45.9 Å². The number of hydrogen-bond donors (Lipinski definition) is 0. The average molecular weight is 321 g/mol. The molecule has 0 aliphatic carbocycles. The second-order valence-electron chi connectivity index (χ2n) is 5.69. The van der Waals surface area contributed by atoms with Crippen molar-refractivity contribution in [1.82, 2.24) is 19.6 Å². The predicted octanol–water partition coefficient (Wildman–Crippen LogP) is 2.37. The minimum absolute atomic E-state index is 0.722. The number of nitrogens with zero attached hydrogens (tertiary/aromatic N) is 5. The molecule has 0 spiro atoms. The summed E-state index contributed by atoms with van der Waals surface area (Å²) in [5.74, 6) is 1.67. The topological polar surface area (TPSA) is 68.7 Å². The summed E-state index contributed by atoms with van der Waals surface area (Å²) in [7, 11) is 0. The number of fused-ring (bicyclic) bond motifs is 2. The summed E-state index contributed by atoms with van der Waals surface area (Å²) < 4.78 is 13.3. The minimum Gasteiger partial charge on any atom is -0.454 e. The fourth-order valence-electron chi connectivity index (χ4n) is 3.10. The third kappa shape index (κ3) is 2.05. The number of morpholine rings is 1. The Morgan fingerprint density at radius 3 is 2.88 bits per heavy atom. The molecule has 0 saturated carbocycles. The fourth-order valence-corrected chi connectivity index (χ4v) is 3.10. The molecule has 5 rings (SSSR count). The molecular weight excluding hydrogens is 306 g/mol. The summed E-state index contributed by atoms with van der Waals surface area (Å²) >= 11 is 0. The van der Waals surface area contributed by atoms with Gasteiger partial charge >= 0.3 is 0 Å². The molecule has 120 valence electrons. The summed E-state index contributed by atoms with van der Waals surface area (Å²) in [6.45, 7) is 3.12. The first-order valence-electron chi connectivity index (χ1n) is 7.90. The van der Waals surface area contributed by atoms with Crippen LogP contribution in [0.15, 0.2) is 47.3 Å². The molecule has 0 unspecified atom stereocenters. The minimum atomic E-state index is 0.722. The van der Waals surface area contributed by atoms with Gasteiger partial charge in [-0.15, -0.1) is 0 Å². The van der Waals surface area contributed by atoms with Crippen molar-refractivity contribution >= 4 is 22.4 Å². The van der Waals surface area contributed by atoms with Crippen LogP contribution < -0.4 is 4.90 Å². The Labute approximate surface area is 137 Å². The number of hydrogen-bond acceptors (Lipinski definition) is 6. The Bertz CT molecular complexity index is 1020. The first-order chi connectivity index (χ1) is 11.9. The highest BCUT2D eigenvalue weighted by Gasteiger charge is 2.19. The van der Waals surface area contributed by atoms with Gasteiger partial charge in [0.25, 0.3) is 0 Å². The Kier molecular flexibility index (Phi) is 2.99. The van der Waals surface area contributed by atoms with E-state index in [0.29, 0.717) is 0 Å². The molecule has 1 fully saturated rings. The van der Waals surface area contributed by atoms with Gasteiger partial charge in [0.1, 0.15) is 17.1 Å². The lowest BCUT2D eigenvalue weighted by Crippen LogP contribution is -2.36. The molecule has 0 amide bonds. The van der Waals surface area contributed by atoms with E-state index < -0.39 is 0 Å². The summed E-state index contributed by atoms with van der Waals surface area (Å²) in [5.41, 5.74) is 2.43. The molecule has 7 heteroatoms. The Hall–Kier alpha value is -2.93. The molecule has 4 aromatic heterocycles. The van der Waals surface area contributed by atoms with Gasteiger partial charge in [0.2, 0.25) is 0 Å². The van der Waals surface area contributed by atoms with Gasteiger partial charge in [0.05, 0.1) is 24.8 Å². The largest absolute Gasteiger partial charge is 0.454 e. The summed E-state index contributed by atoms with van der Waals surface area (Å²) in [4.78, 5) is 11.2. The van der Waals surface area contributed by atoms with Gasteiger partial charge in [-0.3, -0.25) is 0 Å². The number of furan rings is 1. The maximum atomic E-state index is 6.05. The van der Waals surface area contributed by atoms with Crippen LogP contribution in [0.1, 0.15) is 0 Å². The van der Waals surface area contributed by atoms with Crippen molar-refractivity contribution in [2.24, 2.45) is 0 Å². The van der Waals surface area contributed by atoms with Gasteiger partial charge in [-0.1, -0.05) is 0 Å². The fraction of sp³-hybridized carbons (Fsp3) is 0.235. The van der Waals surface area contributed by atoms with Crippen LogP contribution in [0.2, 0.25) is 0 Å². The Morgan fingerprint density at radius 2 is 1.96 bits per heavy atom. The zero-order valence-electron chi connectivity index (χ0n) is 12.9. The van der Waals surface area contributed by atoms with Crippen molar-refractivity contribution in [1.29, 1.82) is 0 Å². The van der Waals surface area contributed by atoms with Crippen molar-refractivity contribution in [3.63, 3.8) is 0 Å². The van der Waals surface area contributed by atoms with Crippen LogP contribution in [-0.2, 0) is 4.74 Å². The maximum Gasteiger partial charge on any atom is 0.155 e. The molecule has 0 aromatic carbocycles. The molecular formula is C17H15N5O2. The predicted molar refractivity (Wildman–Crippen MR) is 89.0 cm³/mol. The third-order valence-electron chi connectivity index (χ3n) is 4.27. The van der Waals surface area contributed by atoms with Crippen molar-refractivity contribution in [2.75, 3.05) is 31.2 Å². The molecule has 0 atom stereocenters. The van der Waals surface area contributed by atoms with Crippen molar-refractivity contribution in [3.8, 4) is 11.5 Å². The first kappa shape index (κ1) is 13.5. The van der Waals surface area contributed by atoms with Crippen LogP contribution in [0.25, 0.3) is 28.1 Å². The molecule has 1 saturated heterocycles. The van der Waals surface area contributed by atoms with Gasteiger partial charge in [0.15, 0.2) is 11.4 Å². The quantitative estimate of drug-likeness (QED) is 0.564. The highest BCUT2D eigenvalue weighted by Crippen LogP contribution is 2.32. The van der Waals surface area contributed by atoms with Gasteiger partial charge in [-0.05, 0) is 24.3 Å². The lowest BCUT2D eigenvalue weighted by molar-refractivity contribution is 0.122. The number of pyridine rings is 1. The van der Waals surface area contributed by atoms with Crippen molar-refractivity contribution in [3.05, 3.63) is 42.9 Å². The zero-order chi connectivity index (χ0) is 15.9. The zero-order valence-corrected chi connectivity index (χ0v) is 12.9. The number of rotatable bonds is 2. The standard InChI is InChI=1S/C17H15N5O2/c1-2-16-19-11-13(22(16)20-4-1)15-10-12-14(24-15)3-5-18-17(12)21-6-8-23-9-7-21/h1-5,10-11H,6-9H2. The van der Waals surface area contributed by atoms with Gasteiger partial charge in [-0.2, -0.15) is 5.10 Å². The molecule has 24 heavy (non-hydrogen) atoms. The second-order valence-corrected chi connectivity index (χ2v) is 5.69. The van der Waals surface area contributed by atoms with Crippen LogP contribution in [0.3, 0.4) is 0 Å². The van der Waals surface area contributed by atoms with E-state index in [9.17, 15) is 0 Å². The van der Waals surface area contributed by atoms with E-state index in [4.69, 9.17) is 9.15 Å². The van der Waals surface area contributed by atoms with E-state index in [2.05, 4.69) is 20.0 Å². The number of ether oxygens (including phenoxy) is 1. The SMILES string of the molecule is c1cnn2c(-c3cc4c(N5CCOCC5)nccc4o3)cnc2c1. The highest BCUT2D eigenvalue weighted by atomic mass is 16.5. The lowest BCUT2D eigenvalue weighted by atomic mass is 10.2. The Morgan fingerprint density at radius 1 is 1.04 bits per heavy atom. The summed E-state index contributed by atoms with van der Waals surface area (Å²) in [6, 6.07) is 7.69. The average Bonchev–Trinajstić information content (AvgIpc) is 3.25. The van der Waals surface area contributed by atoms with Crippen LogP contribution in [0.4, 0.5) is 5.82 Å². The monoisotopic (exact) mass is 321 g/mol. The van der Waals surface area contributed by atoms with Gasteiger partial charge < -0.3 is 14.1 Å². The van der Waals surface area contributed by atoms with Crippen LogP contribution >= 0.6 is 0 Å². The van der Waals surface area contributed by atoms with Crippen molar-refractivity contribution in [2.45, 2.75) is 0 Å². The van der Waals surface area contributed by atoms with Gasteiger partial charge in [-0.25, -0.2) is 14.5 Å². The molecule has 0 radical (unpaired) electrons. The van der Waals surface area contributed by atoms with E-state index in [1.807, 2.05) is 24.3 Å². The summed E-state index contributed by atoms with van der Waals surface area (Å²) in [5, 5.41) is 5.35. The molecule has 1 aliphatic rings. The van der Waals surface area contributed by atoms with E-state index in [1.54, 1.807) is 23.1 Å². The molecule has 0 N–H and O–H groups in total. The van der Waals surface area contributed by atoms with Crippen LogP contribution in [0, 0.1) is 0 Å². The summed E-state index contributed by atoms with van der Waals surface area (Å²) in [6.07, 6.45) is 5.30. The molecule has 1 aliphatic heterocycles. The molecule has 4 aromatic rings. The highest BCUT2D eigenvalue weighted by molar-refractivity contribution is 5.91. The number of imidazole rings is 1.